The molecule has 0 bridgehead atoms. The maximum absolute atomic E-state index is 12.7. The number of nitrogens with zero attached hydrogens (tertiary/aromatic N) is 4. The van der Waals surface area contributed by atoms with E-state index >= 15 is 0 Å². The molecule has 2 aromatic rings. The minimum Gasteiger partial charge on any atom is -0.324 e. The molecule has 0 spiro atoms. The van der Waals surface area contributed by atoms with Gasteiger partial charge in [-0.3, -0.25) is 10.3 Å². The minimum atomic E-state index is -0.0388. The lowest BCUT2D eigenvalue weighted by Crippen LogP contribution is -2.38. The number of hydrogen-bond donors (Lipinski definition) is 1. The number of rotatable bonds is 3. The monoisotopic (exact) mass is 341 g/mol. The first kappa shape index (κ1) is 17.5. The van der Waals surface area contributed by atoms with Gasteiger partial charge < -0.3 is 4.90 Å². The van der Waals surface area contributed by atoms with Crippen LogP contribution in [0.2, 0.25) is 0 Å². The van der Waals surface area contributed by atoms with Crippen LogP contribution < -0.4 is 5.32 Å². The molecule has 1 fully saturated rings. The summed E-state index contributed by atoms with van der Waals surface area (Å²) in [6, 6.07) is 7.67. The zero-order chi connectivity index (χ0) is 17.8. The van der Waals surface area contributed by atoms with Gasteiger partial charge in [0.05, 0.1) is 17.9 Å². The van der Waals surface area contributed by atoms with Gasteiger partial charge in [0, 0.05) is 25.4 Å². The summed E-state index contributed by atoms with van der Waals surface area (Å²) in [5.74, 6) is 1.92. The number of pyridine rings is 1. The Bertz CT molecular complexity index is 712. The molecule has 3 heterocycles. The molecule has 1 N–H and O–H groups in total. The van der Waals surface area contributed by atoms with E-state index < -0.39 is 0 Å². The van der Waals surface area contributed by atoms with Crippen LogP contribution in [0, 0.1) is 18.8 Å². The van der Waals surface area contributed by atoms with Crippen molar-refractivity contribution in [1.82, 2.24) is 19.7 Å². The van der Waals surface area contributed by atoms with E-state index in [1.165, 1.54) is 6.42 Å². The molecule has 2 aromatic heterocycles. The van der Waals surface area contributed by atoms with E-state index in [9.17, 15) is 4.79 Å². The number of urea groups is 1. The number of carbonyl (C=O) groups excluding carboxylic acids is 1. The van der Waals surface area contributed by atoms with Crippen LogP contribution >= 0.6 is 0 Å². The second-order valence-corrected chi connectivity index (χ2v) is 7.26. The van der Waals surface area contributed by atoms with Crippen molar-refractivity contribution in [3.05, 3.63) is 41.9 Å². The zero-order valence-electron chi connectivity index (χ0n) is 15.3. The van der Waals surface area contributed by atoms with Crippen LogP contribution in [0.1, 0.15) is 38.1 Å². The molecule has 134 valence electrons. The Labute approximate surface area is 149 Å². The van der Waals surface area contributed by atoms with Crippen molar-refractivity contribution in [3.8, 4) is 0 Å². The van der Waals surface area contributed by atoms with E-state index in [0.717, 1.165) is 36.7 Å². The van der Waals surface area contributed by atoms with Gasteiger partial charge in [-0.05, 0) is 43.7 Å². The van der Waals surface area contributed by atoms with Crippen molar-refractivity contribution >= 4 is 11.8 Å². The van der Waals surface area contributed by atoms with Gasteiger partial charge in [-0.15, -0.1) is 0 Å². The van der Waals surface area contributed by atoms with Crippen LogP contribution in [0.15, 0.2) is 30.5 Å². The van der Waals surface area contributed by atoms with Crippen LogP contribution in [-0.2, 0) is 6.54 Å². The van der Waals surface area contributed by atoms with E-state index in [1.807, 2.05) is 36.1 Å². The molecule has 0 saturated carbocycles. The maximum atomic E-state index is 12.7. The molecule has 3 rings (SSSR count). The predicted molar refractivity (Wildman–Crippen MR) is 98.5 cm³/mol. The van der Waals surface area contributed by atoms with Gasteiger partial charge in [0.2, 0.25) is 0 Å². The van der Waals surface area contributed by atoms with Crippen molar-refractivity contribution in [2.24, 2.45) is 11.8 Å². The summed E-state index contributed by atoms with van der Waals surface area (Å²) in [6.07, 6.45) is 4.01. The fourth-order valence-electron chi connectivity index (χ4n) is 3.51. The van der Waals surface area contributed by atoms with Crippen molar-refractivity contribution in [2.45, 2.75) is 40.2 Å². The highest BCUT2D eigenvalue weighted by molar-refractivity contribution is 5.88. The van der Waals surface area contributed by atoms with Gasteiger partial charge >= 0.3 is 6.03 Å². The number of aromatic nitrogens is 3. The smallest absolute Gasteiger partial charge is 0.323 e. The number of aryl methyl sites for hydroxylation is 1. The first-order valence-electron chi connectivity index (χ1n) is 9.01. The number of anilines is 1. The first-order valence-corrected chi connectivity index (χ1v) is 9.01. The summed E-state index contributed by atoms with van der Waals surface area (Å²) in [4.78, 5) is 19.0. The van der Waals surface area contributed by atoms with Crippen LogP contribution in [0.3, 0.4) is 0 Å². The van der Waals surface area contributed by atoms with E-state index in [1.54, 1.807) is 10.9 Å². The third kappa shape index (κ3) is 4.59. The molecule has 1 saturated heterocycles. The molecule has 0 aromatic carbocycles. The standard InChI is InChI=1S/C19H27N5O/c1-14-7-9-23(12-15(2)10-14)19(25)21-18-11-16(3)22-24(18)13-17-6-4-5-8-20-17/h4-6,8,11,14-15H,7,9-10,12-13H2,1-3H3,(H,21,25). The Morgan fingerprint density at radius 3 is 2.92 bits per heavy atom. The molecule has 1 aliphatic heterocycles. The second kappa shape index (κ2) is 7.68. The first-order chi connectivity index (χ1) is 12.0. The molecule has 6 heteroatoms. The van der Waals surface area contributed by atoms with Crippen molar-refractivity contribution < 1.29 is 4.79 Å². The molecule has 2 amide bonds. The lowest BCUT2D eigenvalue weighted by Gasteiger charge is -2.23. The van der Waals surface area contributed by atoms with E-state index in [0.29, 0.717) is 18.4 Å². The number of hydrogen-bond acceptors (Lipinski definition) is 3. The topological polar surface area (TPSA) is 63.1 Å². The fraction of sp³-hybridized carbons (Fsp3) is 0.526. The molecule has 6 nitrogen and oxygen atoms in total. The summed E-state index contributed by atoms with van der Waals surface area (Å²) in [7, 11) is 0. The van der Waals surface area contributed by atoms with Crippen LogP contribution in [0.5, 0.6) is 0 Å². The van der Waals surface area contributed by atoms with E-state index in [4.69, 9.17) is 0 Å². The SMILES string of the molecule is Cc1cc(NC(=O)N2CCC(C)CC(C)C2)n(Cc2ccccn2)n1. The molecule has 0 radical (unpaired) electrons. The molecular weight excluding hydrogens is 314 g/mol. The summed E-state index contributed by atoms with van der Waals surface area (Å²) in [5, 5.41) is 7.54. The summed E-state index contributed by atoms with van der Waals surface area (Å²) in [6.45, 7) is 8.58. The van der Waals surface area contributed by atoms with Gasteiger partial charge in [0.25, 0.3) is 0 Å². The lowest BCUT2D eigenvalue weighted by atomic mass is 9.97. The highest BCUT2D eigenvalue weighted by Crippen LogP contribution is 2.22. The maximum Gasteiger partial charge on any atom is 0.323 e. The largest absolute Gasteiger partial charge is 0.324 e. The highest BCUT2D eigenvalue weighted by Gasteiger charge is 2.23. The van der Waals surface area contributed by atoms with Gasteiger partial charge in [-0.2, -0.15) is 5.10 Å². The van der Waals surface area contributed by atoms with Gasteiger partial charge in [0.1, 0.15) is 5.82 Å². The Morgan fingerprint density at radius 1 is 1.32 bits per heavy atom. The fourth-order valence-corrected chi connectivity index (χ4v) is 3.51. The summed E-state index contributed by atoms with van der Waals surface area (Å²) >= 11 is 0. The lowest BCUT2D eigenvalue weighted by molar-refractivity contribution is 0.207. The molecule has 2 unspecified atom stereocenters. The quantitative estimate of drug-likeness (QED) is 0.929. The Kier molecular flexibility index (Phi) is 5.36. The van der Waals surface area contributed by atoms with Gasteiger partial charge in [0.15, 0.2) is 0 Å². The number of carbonyl (C=O) groups is 1. The predicted octanol–water partition coefficient (Wildman–Crippen LogP) is 3.53. The van der Waals surface area contributed by atoms with Gasteiger partial charge in [-0.25, -0.2) is 9.48 Å². The minimum absolute atomic E-state index is 0.0388. The Balaban J connectivity index is 1.71. The molecule has 1 aliphatic rings. The van der Waals surface area contributed by atoms with Crippen molar-refractivity contribution in [2.75, 3.05) is 18.4 Å². The number of amides is 2. The highest BCUT2D eigenvalue weighted by atomic mass is 16.2. The Morgan fingerprint density at radius 2 is 2.16 bits per heavy atom. The van der Waals surface area contributed by atoms with E-state index in [-0.39, 0.29) is 6.03 Å². The van der Waals surface area contributed by atoms with Crippen LogP contribution in [-0.4, -0.2) is 38.8 Å². The van der Waals surface area contributed by atoms with Crippen LogP contribution in [0.4, 0.5) is 10.6 Å². The molecule has 0 aliphatic carbocycles. The summed E-state index contributed by atoms with van der Waals surface area (Å²) < 4.78 is 1.81. The third-order valence-corrected chi connectivity index (χ3v) is 4.69. The van der Waals surface area contributed by atoms with Crippen molar-refractivity contribution in [1.29, 1.82) is 0 Å². The van der Waals surface area contributed by atoms with Gasteiger partial charge in [-0.1, -0.05) is 19.9 Å². The normalized spacial score (nSPS) is 21.0. The number of likely N-dealkylation sites (tertiary alicyclic amines) is 1. The second-order valence-electron chi connectivity index (χ2n) is 7.26. The third-order valence-electron chi connectivity index (χ3n) is 4.69. The zero-order valence-corrected chi connectivity index (χ0v) is 15.3. The Hall–Kier alpha value is -2.37. The molecule has 2 atom stereocenters. The molecule has 25 heavy (non-hydrogen) atoms. The molecular formula is C19H27N5O. The van der Waals surface area contributed by atoms with Crippen LogP contribution in [0.25, 0.3) is 0 Å². The number of nitrogens with one attached hydrogen (secondary N) is 1. The average molecular weight is 341 g/mol. The summed E-state index contributed by atoms with van der Waals surface area (Å²) in [5.41, 5.74) is 1.79. The van der Waals surface area contributed by atoms with Crippen molar-refractivity contribution in [3.63, 3.8) is 0 Å². The average Bonchev–Trinajstić information content (AvgIpc) is 2.80. The van der Waals surface area contributed by atoms with E-state index in [2.05, 4.69) is 29.2 Å².